The van der Waals surface area contributed by atoms with E-state index in [-0.39, 0.29) is 5.75 Å². The maximum absolute atomic E-state index is 12.0. The first-order chi connectivity index (χ1) is 8.10. The molecule has 1 fully saturated rings. The average Bonchev–Trinajstić information content (AvgIpc) is 2.30. The summed E-state index contributed by atoms with van der Waals surface area (Å²) in [7, 11) is -1.37. The summed E-state index contributed by atoms with van der Waals surface area (Å²) in [5, 5.41) is 0. The fourth-order valence-corrected chi connectivity index (χ4v) is 3.74. The quantitative estimate of drug-likeness (QED) is 0.676. The number of piperidine rings is 1. The molecule has 1 rings (SSSR count). The largest absolute Gasteiger partial charge is 0.384 e. The van der Waals surface area contributed by atoms with E-state index in [9.17, 15) is 8.42 Å². The summed E-state index contributed by atoms with van der Waals surface area (Å²) < 4.78 is 30.7. The third-order valence-electron chi connectivity index (χ3n) is 3.23. The van der Waals surface area contributed by atoms with Crippen molar-refractivity contribution < 1.29 is 13.2 Å². The van der Waals surface area contributed by atoms with Crippen LogP contribution in [-0.4, -0.2) is 51.8 Å². The molecule has 0 spiro atoms. The van der Waals surface area contributed by atoms with E-state index in [1.807, 2.05) is 0 Å². The van der Waals surface area contributed by atoms with Crippen LogP contribution in [0.1, 0.15) is 25.7 Å². The van der Waals surface area contributed by atoms with Gasteiger partial charge in [-0.1, -0.05) is 0 Å². The van der Waals surface area contributed by atoms with Crippen molar-refractivity contribution in [2.75, 3.05) is 39.1 Å². The van der Waals surface area contributed by atoms with Gasteiger partial charge in [-0.05, 0) is 38.1 Å². The van der Waals surface area contributed by atoms with E-state index in [0.29, 0.717) is 32.0 Å². The maximum Gasteiger partial charge on any atom is 0.214 e. The Bertz CT molecular complexity index is 298. The number of hydrogen-bond donors (Lipinski definition) is 1. The van der Waals surface area contributed by atoms with E-state index in [4.69, 9.17) is 10.5 Å². The standard InChI is InChI=1S/C11H24N2O3S/c1-16-10-11-4-7-13(8-5-11)17(14,15)9-3-2-6-12/h11H,2-10,12H2,1H3. The highest BCUT2D eigenvalue weighted by Crippen LogP contribution is 2.20. The van der Waals surface area contributed by atoms with Crippen LogP contribution in [0.25, 0.3) is 0 Å². The summed E-state index contributed by atoms with van der Waals surface area (Å²) in [5.41, 5.74) is 5.37. The molecule has 1 aliphatic heterocycles. The van der Waals surface area contributed by atoms with Crippen molar-refractivity contribution in [3.63, 3.8) is 0 Å². The molecular weight excluding hydrogens is 240 g/mol. The molecule has 0 saturated carbocycles. The van der Waals surface area contributed by atoms with Gasteiger partial charge in [0.05, 0.1) is 5.75 Å². The molecule has 1 aliphatic rings. The van der Waals surface area contributed by atoms with Crippen LogP contribution < -0.4 is 5.73 Å². The molecule has 0 radical (unpaired) electrons. The number of ether oxygens (including phenoxy) is 1. The summed E-state index contributed by atoms with van der Waals surface area (Å²) in [4.78, 5) is 0. The second kappa shape index (κ2) is 7.31. The van der Waals surface area contributed by atoms with Crippen LogP contribution in [0, 0.1) is 5.92 Å². The second-order valence-corrected chi connectivity index (χ2v) is 6.70. The molecule has 6 heteroatoms. The van der Waals surface area contributed by atoms with Gasteiger partial charge in [0.15, 0.2) is 0 Å². The topological polar surface area (TPSA) is 72.6 Å². The summed E-state index contributed by atoms with van der Waals surface area (Å²) >= 11 is 0. The fraction of sp³-hybridized carbons (Fsp3) is 1.00. The van der Waals surface area contributed by atoms with Gasteiger partial charge in [-0.25, -0.2) is 12.7 Å². The molecule has 1 heterocycles. The molecule has 0 amide bonds. The molecule has 0 aliphatic carbocycles. The van der Waals surface area contributed by atoms with Crippen molar-refractivity contribution in [1.82, 2.24) is 4.31 Å². The van der Waals surface area contributed by atoms with Gasteiger partial charge in [-0.15, -0.1) is 0 Å². The number of nitrogens with two attached hydrogens (primary N) is 1. The van der Waals surface area contributed by atoms with Crippen LogP contribution in [0.4, 0.5) is 0 Å². The van der Waals surface area contributed by atoms with Crippen LogP contribution in [0.3, 0.4) is 0 Å². The zero-order valence-corrected chi connectivity index (χ0v) is 11.4. The van der Waals surface area contributed by atoms with Gasteiger partial charge in [-0.3, -0.25) is 0 Å². The van der Waals surface area contributed by atoms with Gasteiger partial charge in [0.2, 0.25) is 10.0 Å². The molecule has 0 aromatic heterocycles. The smallest absolute Gasteiger partial charge is 0.214 e. The van der Waals surface area contributed by atoms with Crippen molar-refractivity contribution >= 4 is 10.0 Å². The Morgan fingerprint density at radius 1 is 1.29 bits per heavy atom. The van der Waals surface area contributed by atoms with Crippen molar-refractivity contribution in [1.29, 1.82) is 0 Å². The summed E-state index contributed by atoms with van der Waals surface area (Å²) in [6.45, 7) is 2.57. The van der Waals surface area contributed by atoms with E-state index in [0.717, 1.165) is 25.9 Å². The van der Waals surface area contributed by atoms with E-state index in [1.54, 1.807) is 11.4 Å². The Morgan fingerprint density at radius 3 is 2.47 bits per heavy atom. The predicted molar refractivity (Wildman–Crippen MR) is 68.2 cm³/mol. The summed E-state index contributed by atoms with van der Waals surface area (Å²) in [6.07, 6.45) is 3.25. The number of sulfonamides is 1. The Labute approximate surface area is 104 Å². The molecule has 0 unspecified atom stereocenters. The minimum Gasteiger partial charge on any atom is -0.384 e. The van der Waals surface area contributed by atoms with Crippen LogP contribution >= 0.6 is 0 Å². The highest BCUT2D eigenvalue weighted by Gasteiger charge is 2.27. The first-order valence-corrected chi connectivity index (χ1v) is 7.88. The van der Waals surface area contributed by atoms with E-state index >= 15 is 0 Å². The molecule has 5 nitrogen and oxygen atoms in total. The van der Waals surface area contributed by atoms with Gasteiger partial charge < -0.3 is 10.5 Å². The monoisotopic (exact) mass is 264 g/mol. The molecule has 0 aromatic carbocycles. The lowest BCUT2D eigenvalue weighted by Crippen LogP contribution is -2.40. The Hall–Kier alpha value is -0.170. The van der Waals surface area contributed by atoms with Gasteiger partial charge in [0, 0.05) is 26.8 Å². The molecule has 17 heavy (non-hydrogen) atoms. The lowest BCUT2D eigenvalue weighted by molar-refractivity contribution is 0.121. The molecule has 0 atom stereocenters. The normalized spacial score (nSPS) is 19.6. The zero-order chi connectivity index (χ0) is 12.7. The highest BCUT2D eigenvalue weighted by atomic mass is 32.2. The number of nitrogens with zero attached hydrogens (tertiary/aromatic N) is 1. The number of rotatable bonds is 7. The van der Waals surface area contributed by atoms with Gasteiger partial charge >= 0.3 is 0 Å². The average molecular weight is 264 g/mol. The molecule has 0 bridgehead atoms. The predicted octanol–water partition coefficient (Wildman–Crippen LogP) is 0.414. The van der Waals surface area contributed by atoms with E-state index in [2.05, 4.69) is 0 Å². The lowest BCUT2D eigenvalue weighted by Gasteiger charge is -2.30. The molecule has 102 valence electrons. The third-order valence-corrected chi connectivity index (χ3v) is 5.18. The van der Waals surface area contributed by atoms with E-state index in [1.165, 1.54) is 0 Å². The zero-order valence-electron chi connectivity index (χ0n) is 10.6. The highest BCUT2D eigenvalue weighted by molar-refractivity contribution is 7.89. The van der Waals surface area contributed by atoms with Gasteiger partial charge in [0.1, 0.15) is 0 Å². The summed E-state index contributed by atoms with van der Waals surface area (Å²) in [5.74, 6) is 0.745. The SMILES string of the molecule is COCC1CCN(S(=O)(=O)CCCCN)CC1. The minimum atomic E-state index is -3.06. The Morgan fingerprint density at radius 2 is 1.94 bits per heavy atom. The van der Waals surface area contributed by atoms with Crippen LogP contribution in [-0.2, 0) is 14.8 Å². The molecular formula is C11H24N2O3S. The van der Waals surface area contributed by atoms with Gasteiger partial charge in [-0.2, -0.15) is 0 Å². The van der Waals surface area contributed by atoms with Gasteiger partial charge in [0.25, 0.3) is 0 Å². The number of methoxy groups -OCH3 is 1. The molecule has 1 saturated heterocycles. The molecule has 0 aromatic rings. The minimum absolute atomic E-state index is 0.235. The molecule has 2 N–H and O–H groups in total. The van der Waals surface area contributed by atoms with Crippen molar-refractivity contribution in [2.24, 2.45) is 11.7 Å². The van der Waals surface area contributed by atoms with Crippen LogP contribution in [0.2, 0.25) is 0 Å². The van der Waals surface area contributed by atoms with Crippen molar-refractivity contribution in [2.45, 2.75) is 25.7 Å². The van der Waals surface area contributed by atoms with Crippen molar-refractivity contribution in [3.8, 4) is 0 Å². The second-order valence-electron chi connectivity index (χ2n) is 4.61. The van der Waals surface area contributed by atoms with Crippen molar-refractivity contribution in [3.05, 3.63) is 0 Å². The number of hydrogen-bond acceptors (Lipinski definition) is 4. The summed E-state index contributed by atoms with van der Waals surface area (Å²) in [6, 6.07) is 0. The van der Waals surface area contributed by atoms with Crippen LogP contribution in [0.15, 0.2) is 0 Å². The first kappa shape index (κ1) is 14.9. The Balaban J connectivity index is 2.36. The lowest BCUT2D eigenvalue weighted by atomic mass is 9.99. The maximum atomic E-state index is 12.0. The fourth-order valence-electron chi connectivity index (χ4n) is 2.15. The Kier molecular flexibility index (Phi) is 6.40. The van der Waals surface area contributed by atoms with Crippen LogP contribution in [0.5, 0.6) is 0 Å². The van der Waals surface area contributed by atoms with E-state index < -0.39 is 10.0 Å². The third kappa shape index (κ3) is 4.91. The number of unbranched alkanes of at least 4 members (excludes halogenated alkanes) is 1. The first-order valence-electron chi connectivity index (χ1n) is 6.27.